The van der Waals surface area contributed by atoms with Crippen molar-refractivity contribution in [1.29, 1.82) is 0 Å². The van der Waals surface area contributed by atoms with Crippen LogP contribution in [0.1, 0.15) is 5.82 Å². The molecule has 5 heteroatoms. The van der Waals surface area contributed by atoms with Gasteiger partial charge in [-0.2, -0.15) is 0 Å². The maximum atomic E-state index is 12.9. The summed E-state index contributed by atoms with van der Waals surface area (Å²) in [5.74, 6) is 0.748. The number of nitrogens with zero attached hydrogens (tertiary/aromatic N) is 2. The van der Waals surface area contributed by atoms with Gasteiger partial charge in [0.1, 0.15) is 11.6 Å². The van der Waals surface area contributed by atoms with Crippen molar-refractivity contribution in [3.63, 3.8) is 0 Å². The maximum absolute atomic E-state index is 12.9. The molecule has 0 fully saturated rings. The molecule has 1 N–H and O–H groups in total. The summed E-state index contributed by atoms with van der Waals surface area (Å²) in [6.07, 6.45) is 3.72. The number of anilines is 1. The molecule has 0 saturated carbocycles. The molecule has 17 heavy (non-hydrogen) atoms. The first-order chi connectivity index (χ1) is 8.16. The highest BCUT2D eigenvalue weighted by Gasteiger charge is 2.01. The minimum Gasteiger partial charge on any atom is -0.382 e. The van der Waals surface area contributed by atoms with E-state index in [0.29, 0.717) is 0 Å². The van der Waals surface area contributed by atoms with Crippen LogP contribution < -0.4 is 5.32 Å². The zero-order valence-corrected chi connectivity index (χ0v) is 11.0. The fourth-order valence-electron chi connectivity index (χ4n) is 1.58. The molecule has 0 unspecified atom stereocenters. The molecule has 1 heterocycles. The normalized spacial score (nSPS) is 10.5. The van der Waals surface area contributed by atoms with Gasteiger partial charge in [-0.3, -0.25) is 0 Å². The third-order valence-electron chi connectivity index (χ3n) is 2.52. The Hall–Kier alpha value is -1.36. The summed E-state index contributed by atoms with van der Waals surface area (Å²) >= 11 is 3.32. The minimum atomic E-state index is -0.243. The van der Waals surface area contributed by atoms with E-state index in [-0.39, 0.29) is 5.82 Å². The molecule has 1 aromatic carbocycles. The molecule has 0 aliphatic carbocycles. The minimum absolute atomic E-state index is 0.243. The summed E-state index contributed by atoms with van der Waals surface area (Å²) < 4.78 is 15.7. The van der Waals surface area contributed by atoms with Gasteiger partial charge in [0, 0.05) is 35.6 Å². The molecule has 3 nitrogen and oxygen atoms in total. The maximum Gasteiger partial charge on any atom is 0.124 e. The van der Waals surface area contributed by atoms with Gasteiger partial charge in [-0.25, -0.2) is 9.37 Å². The van der Waals surface area contributed by atoms with Gasteiger partial charge in [-0.05, 0) is 41.1 Å². The number of halogens is 2. The van der Waals surface area contributed by atoms with E-state index in [9.17, 15) is 4.39 Å². The molecule has 2 rings (SSSR count). The molecule has 0 atom stereocenters. The van der Waals surface area contributed by atoms with Crippen LogP contribution in [-0.2, 0) is 6.54 Å². The molecule has 0 radical (unpaired) electrons. The van der Waals surface area contributed by atoms with Crippen LogP contribution in [-0.4, -0.2) is 16.1 Å². The number of benzene rings is 1. The third kappa shape index (κ3) is 3.06. The van der Waals surface area contributed by atoms with E-state index in [4.69, 9.17) is 0 Å². The van der Waals surface area contributed by atoms with Crippen molar-refractivity contribution >= 4 is 21.6 Å². The van der Waals surface area contributed by atoms with Crippen molar-refractivity contribution in [2.24, 2.45) is 0 Å². The predicted octanol–water partition coefficient (Wildman–Crippen LogP) is 3.21. The summed E-state index contributed by atoms with van der Waals surface area (Å²) in [6, 6.07) is 4.61. The Morgan fingerprint density at radius 3 is 2.94 bits per heavy atom. The standard InChI is InChI=1S/C12H13BrFN3/c1-9-15-4-6-17(9)7-5-16-12-3-2-10(14)8-11(12)13/h2-4,6,8,16H,5,7H2,1H3. The van der Waals surface area contributed by atoms with Gasteiger partial charge in [0.2, 0.25) is 0 Å². The Labute approximate surface area is 108 Å². The lowest BCUT2D eigenvalue weighted by Crippen LogP contribution is -2.11. The van der Waals surface area contributed by atoms with E-state index in [0.717, 1.165) is 29.1 Å². The third-order valence-corrected chi connectivity index (χ3v) is 3.18. The van der Waals surface area contributed by atoms with Crippen molar-refractivity contribution in [2.45, 2.75) is 13.5 Å². The summed E-state index contributed by atoms with van der Waals surface area (Å²) in [5.41, 5.74) is 0.893. The molecule has 0 spiro atoms. The zero-order chi connectivity index (χ0) is 12.3. The Bertz CT molecular complexity index is 510. The first-order valence-corrected chi connectivity index (χ1v) is 6.13. The highest BCUT2D eigenvalue weighted by atomic mass is 79.9. The summed E-state index contributed by atoms with van der Waals surface area (Å²) in [6.45, 7) is 3.56. The van der Waals surface area contributed by atoms with Crippen LogP contribution in [0.4, 0.5) is 10.1 Å². The van der Waals surface area contributed by atoms with Gasteiger partial charge in [0.15, 0.2) is 0 Å². The topological polar surface area (TPSA) is 29.9 Å². The largest absolute Gasteiger partial charge is 0.382 e. The van der Waals surface area contributed by atoms with Crippen LogP contribution in [0.25, 0.3) is 0 Å². The number of aryl methyl sites for hydroxylation is 1. The van der Waals surface area contributed by atoms with Gasteiger partial charge in [0.05, 0.1) is 0 Å². The number of hydrogen-bond acceptors (Lipinski definition) is 2. The zero-order valence-electron chi connectivity index (χ0n) is 9.45. The lowest BCUT2D eigenvalue weighted by Gasteiger charge is -2.09. The predicted molar refractivity (Wildman–Crippen MR) is 69.6 cm³/mol. The Morgan fingerprint density at radius 2 is 2.29 bits per heavy atom. The average molecular weight is 298 g/mol. The monoisotopic (exact) mass is 297 g/mol. The van der Waals surface area contributed by atoms with E-state index in [1.807, 2.05) is 13.1 Å². The summed E-state index contributed by atoms with van der Waals surface area (Å²) in [7, 11) is 0. The first-order valence-electron chi connectivity index (χ1n) is 5.33. The van der Waals surface area contributed by atoms with Crippen molar-refractivity contribution in [3.05, 3.63) is 46.7 Å². The molecule has 0 aliphatic rings. The average Bonchev–Trinajstić information content (AvgIpc) is 2.68. The van der Waals surface area contributed by atoms with Crippen LogP contribution in [0.2, 0.25) is 0 Å². The second-order valence-corrected chi connectivity index (χ2v) is 4.57. The van der Waals surface area contributed by atoms with Crippen molar-refractivity contribution in [1.82, 2.24) is 9.55 Å². The van der Waals surface area contributed by atoms with Gasteiger partial charge in [-0.15, -0.1) is 0 Å². The van der Waals surface area contributed by atoms with Crippen molar-refractivity contribution < 1.29 is 4.39 Å². The SMILES string of the molecule is Cc1nccn1CCNc1ccc(F)cc1Br. The second kappa shape index (κ2) is 5.31. The van der Waals surface area contributed by atoms with Gasteiger partial charge >= 0.3 is 0 Å². The van der Waals surface area contributed by atoms with Crippen LogP contribution >= 0.6 is 15.9 Å². The summed E-state index contributed by atoms with van der Waals surface area (Å²) in [4.78, 5) is 4.15. The number of hydrogen-bond donors (Lipinski definition) is 1. The molecule has 0 saturated heterocycles. The number of rotatable bonds is 4. The van der Waals surface area contributed by atoms with Crippen LogP contribution in [0.3, 0.4) is 0 Å². The lowest BCUT2D eigenvalue weighted by atomic mass is 10.3. The number of nitrogens with one attached hydrogen (secondary N) is 1. The molecule has 2 aromatic rings. The van der Waals surface area contributed by atoms with Crippen LogP contribution in [0.15, 0.2) is 35.1 Å². The van der Waals surface area contributed by atoms with Crippen LogP contribution in [0.5, 0.6) is 0 Å². The van der Waals surface area contributed by atoms with E-state index >= 15 is 0 Å². The number of aromatic nitrogens is 2. The van der Waals surface area contributed by atoms with E-state index < -0.39 is 0 Å². The lowest BCUT2D eigenvalue weighted by molar-refractivity contribution is 0.627. The first kappa shape index (κ1) is 12.1. The summed E-state index contributed by atoms with van der Waals surface area (Å²) in [5, 5.41) is 3.24. The van der Waals surface area contributed by atoms with E-state index in [1.165, 1.54) is 12.1 Å². The fraction of sp³-hybridized carbons (Fsp3) is 0.250. The molecule has 90 valence electrons. The van der Waals surface area contributed by atoms with Gasteiger partial charge in [-0.1, -0.05) is 0 Å². The van der Waals surface area contributed by atoms with E-state index in [1.54, 1.807) is 12.3 Å². The Kier molecular flexibility index (Phi) is 3.78. The van der Waals surface area contributed by atoms with Crippen molar-refractivity contribution in [3.8, 4) is 0 Å². The van der Waals surface area contributed by atoms with Gasteiger partial charge < -0.3 is 9.88 Å². The fourth-order valence-corrected chi connectivity index (χ4v) is 2.07. The molecule has 1 aromatic heterocycles. The molecular formula is C12H13BrFN3. The van der Waals surface area contributed by atoms with E-state index in [2.05, 4.69) is 30.8 Å². The quantitative estimate of drug-likeness (QED) is 0.939. The highest BCUT2D eigenvalue weighted by molar-refractivity contribution is 9.10. The smallest absolute Gasteiger partial charge is 0.124 e. The second-order valence-electron chi connectivity index (χ2n) is 3.72. The molecular weight excluding hydrogens is 285 g/mol. The Morgan fingerprint density at radius 1 is 1.47 bits per heavy atom. The Balaban J connectivity index is 1.92. The highest BCUT2D eigenvalue weighted by Crippen LogP contribution is 2.22. The number of imidazole rings is 1. The molecule has 0 aliphatic heterocycles. The van der Waals surface area contributed by atoms with Crippen LogP contribution in [0, 0.1) is 12.7 Å². The van der Waals surface area contributed by atoms with Gasteiger partial charge in [0.25, 0.3) is 0 Å². The molecule has 0 amide bonds. The molecule has 0 bridgehead atoms. The van der Waals surface area contributed by atoms with Crippen molar-refractivity contribution in [2.75, 3.05) is 11.9 Å².